The zero-order valence-electron chi connectivity index (χ0n) is 21.2. The first-order chi connectivity index (χ1) is 18.5. The van der Waals surface area contributed by atoms with Crippen LogP contribution in [-0.4, -0.2) is 65.2 Å². The Balaban J connectivity index is 1.34. The van der Waals surface area contributed by atoms with Crippen molar-refractivity contribution in [3.8, 4) is 11.4 Å². The minimum absolute atomic E-state index is 0.0351. The molecule has 0 unspecified atom stereocenters. The Bertz CT molecular complexity index is 1550. The summed E-state index contributed by atoms with van der Waals surface area (Å²) in [7, 11) is -3.69. The highest BCUT2D eigenvalue weighted by molar-refractivity contribution is 7.88. The number of pyridine rings is 1. The molecule has 2 fully saturated rings. The van der Waals surface area contributed by atoms with E-state index in [1.807, 2.05) is 4.90 Å². The summed E-state index contributed by atoms with van der Waals surface area (Å²) in [4.78, 5) is 29.3. The van der Waals surface area contributed by atoms with Gasteiger partial charge in [-0.05, 0) is 47.0 Å². The molecule has 3 aromatic rings. The van der Waals surface area contributed by atoms with E-state index in [4.69, 9.17) is 16.3 Å². The molecule has 12 nitrogen and oxygen atoms in total. The maximum atomic E-state index is 13.5. The van der Waals surface area contributed by atoms with Gasteiger partial charge in [0.1, 0.15) is 11.9 Å². The van der Waals surface area contributed by atoms with Gasteiger partial charge in [0.2, 0.25) is 15.8 Å². The monoisotopic (exact) mass is 574 g/mol. The van der Waals surface area contributed by atoms with Crippen LogP contribution in [-0.2, 0) is 15.8 Å². The van der Waals surface area contributed by atoms with Gasteiger partial charge in [-0.25, -0.2) is 8.42 Å². The van der Waals surface area contributed by atoms with Crippen molar-refractivity contribution in [2.24, 2.45) is 5.41 Å². The van der Waals surface area contributed by atoms with Crippen molar-refractivity contribution in [2.75, 3.05) is 37.7 Å². The first-order valence-corrected chi connectivity index (χ1v) is 14.4. The predicted octanol–water partition coefficient (Wildman–Crippen LogP) is 3.02. The van der Waals surface area contributed by atoms with Crippen LogP contribution < -0.4 is 15.2 Å². The summed E-state index contributed by atoms with van der Waals surface area (Å²) in [6.07, 6.45) is 4.82. The maximum absolute atomic E-state index is 13.5. The van der Waals surface area contributed by atoms with Crippen LogP contribution in [0.4, 0.5) is 11.5 Å². The smallest absolute Gasteiger partial charge is 0.363 e. The summed E-state index contributed by atoms with van der Waals surface area (Å²) in [5.41, 5.74) is 1.01. The summed E-state index contributed by atoms with van der Waals surface area (Å²) in [6.45, 7) is 3.54. The fraction of sp³-hybridized carbons (Fsp3) is 0.400. The Hall–Kier alpha value is -3.55. The SMILES string of the molecule is CC1(COc2c(N3CCN(S(=O)(=O)Cc4ccc([N+](=O)[O-])nc4)CC3)cnn(-c3cccc(Cl)c3)c2=O)CC1. The largest absolute Gasteiger partial charge is 0.486 e. The normalized spacial score (nSPS) is 17.1. The minimum Gasteiger partial charge on any atom is -0.486 e. The third kappa shape index (κ3) is 6.05. The number of aromatic nitrogens is 3. The molecule has 1 aromatic carbocycles. The predicted molar refractivity (Wildman–Crippen MR) is 145 cm³/mol. The second-order valence-electron chi connectivity index (χ2n) is 10.1. The first-order valence-electron chi connectivity index (χ1n) is 12.4. The molecule has 0 N–H and O–H groups in total. The highest BCUT2D eigenvalue weighted by Crippen LogP contribution is 2.45. The molecule has 1 aliphatic carbocycles. The number of nitro groups is 1. The number of nitrogens with zero attached hydrogens (tertiary/aromatic N) is 6. The van der Waals surface area contributed by atoms with Gasteiger partial charge < -0.3 is 19.8 Å². The van der Waals surface area contributed by atoms with Crippen molar-refractivity contribution in [2.45, 2.75) is 25.5 Å². The van der Waals surface area contributed by atoms with Crippen LogP contribution in [0.1, 0.15) is 25.3 Å². The third-order valence-corrected chi connectivity index (χ3v) is 9.04. The molecule has 14 heteroatoms. The van der Waals surface area contributed by atoms with E-state index in [0.29, 0.717) is 41.7 Å². The lowest BCUT2D eigenvalue weighted by Crippen LogP contribution is -2.49. The number of benzene rings is 1. The number of sulfonamides is 1. The Kier molecular flexibility index (Phi) is 7.31. The molecule has 1 saturated carbocycles. The lowest BCUT2D eigenvalue weighted by molar-refractivity contribution is -0.389. The number of piperazine rings is 1. The highest BCUT2D eigenvalue weighted by Gasteiger charge is 2.39. The van der Waals surface area contributed by atoms with E-state index in [1.165, 1.54) is 27.3 Å². The van der Waals surface area contributed by atoms with Gasteiger partial charge in [0, 0.05) is 48.2 Å². The molecule has 1 aliphatic heterocycles. The van der Waals surface area contributed by atoms with E-state index in [9.17, 15) is 23.3 Å². The summed E-state index contributed by atoms with van der Waals surface area (Å²) in [5, 5.41) is 15.6. The minimum atomic E-state index is -3.69. The van der Waals surface area contributed by atoms with Crippen LogP contribution in [0.25, 0.3) is 5.69 Å². The number of halogens is 1. The lowest BCUT2D eigenvalue weighted by Gasteiger charge is -2.35. The summed E-state index contributed by atoms with van der Waals surface area (Å²) in [6, 6.07) is 9.40. The molecule has 0 bridgehead atoms. The van der Waals surface area contributed by atoms with Crippen LogP contribution in [0.3, 0.4) is 0 Å². The maximum Gasteiger partial charge on any atom is 0.363 e. The van der Waals surface area contributed by atoms with Gasteiger partial charge in [0.05, 0.1) is 24.2 Å². The molecule has 0 radical (unpaired) electrons. The molecular formula is C25H27ClN6O6S. The number of hydrogen-bond donors (Lipinski definition) is 0. The Morgan fingerprint density at radius 1 is 1.13 bits per heavy atom. The number of hydrogen-bond acceptors (Lipinski definition) is 9. The second kappa shape index (κ2) is 10.5. The Morgan fingerprint density at radius 3 is 2.49 bits per heavy atom. The van der Waals surface area contributed by atoms with E-state index < -0.39 is 20.5 Å². The van der Waals surface area contributed by atoms with Crippen LogP contribution >= 0.6 is 11.6 Å². The van der Waals surface area contributed by atoms with Crippen LogP contribution in [0.5, 0.6) is 5.75 Å². The molecule has 5 rings (SSSR count). The lowest BCUT2D eigenvalue weighted by atomic mass is 10.2. The van der Waals surface area contributed by atoms with E-state index in [-0.39, 0.29) is 35.8 Å². The zero-order valence-corrected chi connectivity index (χ0v) is 22.8. The van der Waals surface area contributed by atoms with Crippen LogP contribution in [0, 0.1) is 15.5 Å². The van der Waals surface area contributed by atoms with Crippen molar-refractivity contribution in [1.82, 2.24) is 19.1 Å². The molecule has 1 saturated heterocycles. The standard InChI is InChI=1S/C25H27ClN6O6S/c1-25(7-8-25)17-38-23-21(15-28-31(24(23)33)20-4-2-3-19(26)13-20)29-9-11-30(12-10-29)39(36,37)16-18-5-6-22(27-14-18)32(34)35/h2-6,13-15H,7-12,16-17H2,1H3. The Morgan fingerprint density at radius 2 is 1.87 bits per heavy atom. The summed E-state index contributed by atoms with van der Waals surface area (Å²) >= 11 is 6.12. The zero-order chi connectivity index (χ0) is 27.8. The van der Waals surface area contributed by atoms with Gasteiger partial charge in [-0.2, -0.15) is 14.1 Å². The van der Waals surface area contributed by atoms with Gasteiger partial charge >= 0.3 is 11.4 Å². The molecule has 0 spiro atoms. The average Bonchev–Trinajstić information content (AvgIpc) is 3.65. The van der Waals surface area contributed by atoms with Crippen LogP contribution in [0.15, 0.2) is 53.6 Å². The molecule has 206 valence electrons. The van der Waals surface area contributed by atoms with Crippen molar-refractivity contribution < 1.29 is 18.1 Å². The van der Waals surface area contributed by atoms with Crippen molar-refractivity contribution in [3.63, 3.8) is 0 Å². The van der Waals surface area contributed by atoms with E-state index in [2.05, 4.69) is 17.0 Å². The van der Waals surface area contributed by atoms with Gasteiger partial charge in [-0.1, -0.05) is 24.6 Å². The van der Waals surface area contributed by atoms with Crippen molar-refractivity contribution in [1.29, 1.82) is 0 Å². The number of anilines is 1. The van der Waals surface area contributed by atoms with Crippen molar-refractivity contribution >= 4 is 33.1 Å². The quantitative estimate of drug-likeness (QED) is 0.278. The van der Waals surface area contributed by atoms with Gasteiger partial charge in [-0.3, -0.25) is 4.79 Å². The van der Waals surface area contributed by atoms with Crippen molar-refractivity contribution in [3.05, 3.63) is 79.8 Å². The fourth-order valence-electron chi connectivity index (χ4n) is 4.31. The summed E-state index contributed by atoms with van der Waals surface area (Å²) in [5.74, 6) is -0.488. The molecule has 39 heavy (non-hydrogen) atoms. The number of rotatable bonds is 9. The van der Waals surface area contributed by atoms with Gasteiger partial charge in [0.25, 0.3) is 0 Å². The first kappa shape index (κ1) is 27.0. The van der Waals surface area contributed by atoms with Gasteiger partial charge in [0.15, 0.2) is 0 Å². The Labute approximate surface area is 230 Å². The summed E-state index contributed by atoms with van der Waals surface area (Å²) < 4.78 is 34.8. The highest BCUT2D eigenvalue weighted by atomic mass is 35.5. The average molecular weight is 575 g/mol. The topological polar surface area (TPSA) is 141 Å². The number of ether oxygens (including phenoxy) is 1. The van der Waals surface area contributed by atoms with Gasteiger partial charge in [-0.15, -0.1) is 0 Å². The molecule has 0 atom stereocenters. The molecule has 2 aliphatic rings. The second-order valence-corrected chi connectivity index (χ2v) is 12.5. The van der Waals surface area contributed by atoms with E-state index in [1.54, 1.807) is 30.5 Å². The molecule has 2 aromatic heterocycles. The van der Waals surface area contributed by atoms with Crippen LogP contribution in [0.2, 0.25) is 5.02 Å². The molecule has 3 heterocycles. The third-order valence-electron chi connectivity index (χ3n) is 6.95. The van der Waals surface area contributed by atoms with E-state index >= 15 is 0 Å². The molecule has 0 amide bonds. The molecular weight excluding hydrogens is 548 g/mol. The van der Waals surface area contributed by atoms with E-state index in [0.717, 1.165) is 12.8 Å². The fourth-order valence-corrected chi connectivity index (χ4v) is 5.98.